The molecule has 18 heavy (non-hydrogen) atoms. The second-order valence-electron chi connectivity index (χ2n) is 3.70. The van der Waals surface area contributed by atoms with Crippen molar-refractivity contribution in [3.8, 4) is 16.9 Å². The van der Waals surface area contributed by atoms with E-state index >= 15 is 0 Å². The lowest BCUT2D eigenvalue weighted by Gasteiger charge is -2.09. The molecule has 2 rings (SSSR count). The molecule has 4 heteroatoms. The first-order valence-corrected chi connectivity index (χ1v) is 5.29. The molecule has 0 spiro atoms. The Labute approximate surface area is 103 Å². The van der Waals surface area contributed by atoms with Crippen molar-refractivity contribution in [2.24, 2.45) is 0 Å². The predicted molar refractivity (Wildman–Crippen MR) is 65.3 cm³/mol. The van der Waals surface area contributed by atoms with Crippen LogP contribution in [0.3, 0.4) is 0 Å². The highest BCUT2D eigenvalue weighted by molar-refractivity contribution is 5.96. The number of ether oxygens (including phenoxy) is 1. The Hall–Kier alpha value is -2.36. The van der Waals surface area contributed by atoms with Gasteiger partial charge < -0.3 is 9.84 Å². The number of hydrogen-bond acceptors (Lipinski definition) is 2. The maximum absolute atomic E-state index is 13.7. The van der Waals surface area contributed by atoms with Crippen molar-refractivity contribution in [2.45, 2.75) is 0 Å². The summed E-state index contributed by atoms with van der Waals surface area (Å²) in [5, 5.41) is 9.16. The molecule has 0 aliphatic heterocycles. The number of rotatable bonds is 3. The molecule has 0 atom stereocenters. The largest absolute Gasteiger partial charge is 0.497 e. The third-order valence-electron chi connectivity index (χ3n) is 2.62. The van der Waals surface area contributed by atoms with Crippen molar-refractivity contribution in [2.75, 3.05) is 7.11 Å². The van der Waals surface area contributed by atoms with E-state index in [0.29, 0.717) is 11.3 Å². The monoisotopic (exact) mass is 246 g/mol. The molecule has 0 saturated heterocycles. The van der Waals surface area contributed by atoms with Crippen LogP contribution in [-0.4, -0.2) is 18.2 Å². The molecule has 0 unspecified atom stereocenters. The summed E-state index contributed by atoms with van der Waals surface area (Å²) >= 11 is 0. The third-order valence-corrected chi connectivity index (χ3v) is 2.62. The lowest BCUT2D eigenvalue weighted by molar-refractivity contribution is 0.0697. The van der Waals surface area contributed by atoms with Gasteiger partial charge in [-0.1, -0.05) is 18.2 Å². The van der Waals surface area contributed by atoms with Gasteiger partial charge in [0.15, 0.2) is 0 Å². The minimum atomic E-state index is -1.12. The Morgan fingerprint density at radius 2 is 1.89 bits per heavy atom. The lowest BCUT2D eigenvalue weighted by atomic mass is 9.99. The SMILES string of the molecule is COc1ccc(-c2ccccc2F)c(C(=O)O)c1. The van der Waals surface area contributed by atoms with E-state index in [9.17, 15) is 9.18 Å². The summed E-state index contributed by atoms with van der Waals surface area (Å²) in [4.78, 5) is 11.2. The molecule has 0 aliphatic carbocycles. The van der Waals surface area contributed by atoms with Crippen LogP contribution in [0.2, 0.25) is 0 Å². The topological polar surface area (TPSA) is 46.5 Å². The van der Waals surface area contributed by atoms with E-state index in [0.717, 1.165) is 0 Å². The zero-order valence-electron chi connectivity index (χ0n) is 9.68. The first-order valence-electron chi connectivity index (χ1n) is 5.29. The summed E-state index contributed by atoms with van der Waals surface area (Å²) in [5.74, 6) is -1.15. The molecule has 2 aromatic carbocycles. The van der Waals surface area contributed by atoms with Crippen LogP contribution in [0.15, 0.2) is 42.5 Å². The summed E-state index contributed by atoms with van der Waals surface area (Å²) in [6, 6.07) is 10.6. The number of carbonyl (C=O) groups is 1. The molecule has 0 radical (unpaired) electrons. The Balaban J connectivity index is 2.64. The number of carboxylic acid groups (broad SMARTS) is 1. The van der Waals surface area contributed by atoms with Crippen LogP contribution in [0, 0.1) is 5.82 Å². The molecule has 0 bridgehead atoms. The van der Waals surface area contributed by atoms with E-state index in [4.69, 9.17) is 9.84 Å². The van der Waals surface area contributed by atoms with Crippen LogP contribution in [-0.2, 0) is 0 Å². The summed E-state index contributed by atoms with van der Waals surface area (Å²) in [7, 11) is 1.45. The van der Waals surface area contributed by atoms with Crippen LogP contribution < -0.4 is 4.74 Å². The average molecular weight is 246 g/mol. The Bertz CT molecular complexity index is 593. The van der Waals surface area contributed by atoms with Crippen LogP contribution >= 0.6 is 0 Å². The maximum atomic E-state index is 13.7. The molecule has 0 aliphatic rings. The second-order valence-corrected chi connectivity index (χ2v) is 3.70. The minimum absolute atomic E-state index is 0.0134. The van der Waals surface area contributed by atoms with E-state index in [1.807, 2.05) is 0 Å². The summed E-state index contributed by atoms with van der Waals surface area (Å²) in [6.07, 6.45) is 0. The van der Waals surface area contributed by atoms with E-state index in [1.165, 1.54) is 19.2 Å². The molecule has 1 N–H and O–H groups in total. The zero-order valence-corrected chi connectivity index (χ0v) is 9.68. The fraction of sp³-hybridized carbons (Fsp3) is 0.0714. The number of methoxy groups -OCH3 is 1. The van der Waals surface area contributed by atoms with Crippen molar-refractivity contribution >= 4 is 5.97 Å². The van der Waals surface area contributed by atoms with Gasteiger partial charge in [0.2, 0.25) is 0 Å². The van der Waals surface area contributed by atoms with Crippen LogP contribution in [0.1, 0.15) is 10.4 Å². The van der Waals surface area contributed by atoms with Crippen molar-refractivity contribution < 1.29 is 19.0 Å². The van der Waals surface area contributed by atoms with Crippen LogP contribution in [0.4, 0.5) is 4.39 Å². The Kier molecular flexibility index (Phi) is 3.28. The zero-order chi connectivity index (χ0) is 13.1. The van der Waals surface area contributed by atoms with Crippen molar-refractivity contribution in [1.82, 2.24) is 0 Å². The number of aromatic carboxylic acids is 1. The smallest absolute Gasteiger partial charge is 0.336 e. The predicted octanol–water partition coefficient (Wildman–Crippen LogP) is 3.20. The van der Waals surface area contributed by atoms with Gasteiger partial charge in [0.05, 0.1) is 12.7 Å². The van der Waals surface area contributed by atoms with E-state index in [-0.39, 0.29) is 11.1 Å². The Morgan fingerprint density at radius 3 is 2.50 bits per heavy atom. The standard InChI is InChI=1S/C14H11FO3/c1-18-9-6-7-10(12(8-9)14(16)17)11-4-2-3-5-13(11)15/h2-8H,1H3,(H,16,17). The average Bonchev–Trinajstić information content (AvgIpc) is 2.38. The van der Waals surface area contributed by atoms with E-state index in [2.05, 4.69) is 0 Å². The van der Waals surface area contributed by atoms with Crippen molar-refractivity contribution in [3.05, 3.63) is 53.8 Å². The van der Waals surface area contributed by atoms with Gasteiger partial charge in [-0.25, -0.2) is 9.18 Å². The van der Waals surface area contributed by atoms with Crippen LogP contribution in [0.5, 0.6) is 5.75 Å². The summed E-state index contributed by atoms with van der Waals surface area (Å²) < 4.78 is 18.6. The van der Waals surface area contributed by atoms with Crippen LogP contribution in [0.25, 0.3) is 11.1 Å². The quantitative estimate of drug-likeness (QED) is 0.904. The molecule has 92 valence electrons. The highest BCUT2D eigenvalue weighted by Gasteiger charge is 2.15. The van der Waals surface area contributed by atoms with E-state index in [1.54, 1.807) is 30.3 Å². The van der Waals surface area contributed by atoms with Crippen molar-refractivity contribution in [1.29, 1.82) is 0 Å². The molecular weight excluding hydrogens is 235 g/mol. The van der Waals surface area contributed by atoms with Gasteiger partial charge in [0, 0.05) is 5.56 Å². The highest BCUT2D eigenvalue weighted by atomic mass is 19.1. The number of carboxylic acids is 1. The first-order chi connectivity index (χ1) is 8.63. The third kappa shape index (κ3) is 2.18. The van der Waals surface area contributed by atoms with Gasteiger partial charge >= 0.3 is 5.97 Å². The molecule has 0 heterocycles. The normalized spacial score (nSPS) is 10.1. The van der Waals surface area contributed by atoms with Crippen molar-refractivity contribution in [3.63, 3.8) is 0 Å². The van der Waals surface area contributed by atoms with E-state index < -0.39 is 11.8 Å². The number of hydrogen-bond donors (Lipinski definition) is 1. The molecular formula is C14H11FO3. The molecule has 3 nitrogen and oxygen atoms in total. The lowest BCUT2D eigenvalue weighted by Crippen LogP contribution is -2.01. The maximum Gasteiger partial charge on any atom is 0.336 e. The fourth-order valence-corrected chi connectivity index (χ4v) is 1.74. The second kappa shape index (κ2) is 4.87. The number of benzene rings is 2. The van der Waals surface area contributed by atoms with Gasteiger partial charge in [-0.3, -0.25) is 0 Å². The minimum Gasteiger partial charge on any atom is -0.497 e. The summed E-state index contributed by atoms with van der Waals surface area (Å²) in [5.41, 5.74) is 0.610. The summed E-state index contributed by atoms with van der Waals surface area (Å²) in [6.45, 7) is 0. The fourth-order valence-electron chi connectivity index (χ4n) is 1.74. The van der Waals surface area contributed by atoms with Gasteiger partial charge in [0.1, 0.15) is 11.6 Å². The molecule has 0 saturated carbocycles. The first kappa shape index (κ1) is 12.1. The molecule has 0 fully saturated rings. The molecule has 0 aromatic heterocycles. The molecule has 0 amide bonds. The van der Waals surface area contributed by atoms with Gasteiger partial charge in [-0.15, -0.1) is 0 Å². The van der Waals surface area contributed by atoms with Gasteiger partial charge in [-0.2, -0.15) is 0 Å². The Morgan fingerprint density at radius 1 is 1.17 bits per heavy atom. The van der Waals surface area contributed by atoms with Gasteiger partial charge in [-0.05, 0) is 29.8 Å². The van der Waals surface area contributed by atoms with Gasteiger partial charge in [0.25, 0.3) is 0 Å². The molecule has 2 aromatic rings. The highest BCUT2D eigenvalue weighted by Crippen LogP contribution is 2.29. The number of halogens is 1.